The number of hydrogen-bond acceptors (Lipinski definition) is 3. The maximum Gasteiger partial charge on any atom is 0.170 e. The summed E-state index contributed by atoms with van der Waals surface area (Å²) in [4.78, 5) is 12.2. The molecular formula is C16H20O3. The second-order valence-electron chi connectivity index (χ2n) is 6.16. The molecule has 0 atom stereocenters. The van der Waals surface area contributed by atoms with E-state index in [9.17, 15) is 4.79 Å². The molecule has 19 heavy (non-hydrogen) atoms. The Morgan fingerprint density at radius 3 is 2.74 bits per heavy atom. The maximum atomic E-state index is 12.2. The summed E-state index contributed by atoms with van der Waals surface area (Å²) in [5, 5.41) is 0. The predicted octanol–water partition coefficient (Wildman–Crippen LogP) is 3.47. The first kappa shape index (κ1) is 12.5. The molecule has 1 aliphatic carbocycles. The molecule has 102 valence electrons. The highest BCUT2D eigenvalue weighted by Crippen LogP contribution is 2.50. The SMILES string of the molecule is COc1ccc2c(c1)OC1(CC2=O)CC(C(C)C)C1. The Morgan fingerprint density at radius 1 is 1.37 bits per heavy atom. The molecule has 1 heterocycles. The molecule has 1 aromatic rings. The quantitative estimate of drug-likeness (QED) is 0.816. The van der Waals surface area contributed by atoms with Gasteiger partial charge in [-0.05, 0) is 36.8 Å². The van der Waals surface area contributed by atoms with Crippen molar-refractivity contribution in [2.24, 2.45) is 11.8 Å². The van der Waals surface area contributed by atoms with Gasteiger partial charge < -0.3 is 9.47 Å². The van der Waals surface area contributed by atoms with E-state index in [2.05, 4.69) is 13.8 Å². The highest BCUT2D eigenvalue weighted by Gasteiger charge is 2.51. The van der Waals surface area contributed by atoms with Crippen molar-refractivity contribution in [3.05, 3.63) is 23.8 Å². The van der Waals surface area contributed by atoms with E-state index in [4.69, 9.17) is 9.47 Å². The van der Waals surface area contributed by atoms with Crippen molar-refractivity contribution in [3.8, 4) is 11.5 Å². The van der Waals surface area contributed by atoms with Gasteiger partial charge in [0.15, 0.2) is 5.78 Å². The second kappa shape index (κ2) is 4.26. The Morgan fingerprint density at radius 2 is 2.11 bits per heavy atom. The van der Waals surface area contributed by atoms with E-state index in [1.807, 2.05) is 18.2 Å². The van der Waals surface area contributed by atoms with E-state index in [-0.39, 0.29) is 11.4 Å². The van der Waals surface area contributed by atoms with E-state index < -0.39 is 0 Å². The number of benzene rings is 1. The Bertz CT molecular complexity index is 513. The third-order valence-corrected chi connectivity index (χ3v) is 4.51. The number of fused-ring (bicyclic) bond motifs is 1. The zero-order chi connectivity index (χ0) is 13.6. The Labute approximate surface area is 113 Å². The van der Waals surface area contributed by atoms with E-state index in [1.165, 1.54) is 0 Å². The van der Waals surface area contributed by atoms with Crippen LogP contribution in [0.5, 0.6) is 11.5 Å². The Balaban J connectivity index is 1.86. The molecule has 0 aromatic heterocycles. The second-order valence-corrected chi connectivity index (χ2v) is 6.16. The van der Waals surface area contributed by atoms with Crippen LogP contribution in [0.15, 0.2) is 18.2 Å². The van der Waals surface area contributed by atoms with Crippen LogP contribution in [0.25, 0.3) is 0 Å². The normalized spacial score (nSPS) is 28.8. The lowest BCUT2D eigenvalue weighted by atomic mass is 9.63. The average Bonchev–Trinajstić information content (AvgIpc) is 2.34. The van der Waals surface area contributed by atoms with Gasteiger partial charge in [-0.3, -0.25) is 4.79 Å². The molecule has 0 N–H and O–H groups in total. The van der Waals surface area contributed by atoms with Crippen LogP contribution < -0.4 is 9.47 Å². The lowest BCUT2D eigenvalue weighted by Crippen LogP contribution is -2.53. The zero-order valence-corrected chi connectivity index (χ0v) is 11.7. The van der Waals surface area contributed by atoms with Gasteiger partial charge in [0.25, 0.3) is 0 Å². The van der Waals surface area contributed by atoms with Crippen LogP contribution in [0.3, 0.4) is 0 Å². The van der Waals surface area contributed by atoms with Crippen molar-refractivity contribution in [1.82, 2.24) is 0 Å². The number of rotatable bonds is 2. The molecular weight excluding hydrogens is 240 g/mol. The number of methoxy groups -OCH3 is 1. The summed E-state index contributed by atoms with van der Waals surface area (Å²) in [6.45, 7) is 4.47. The lowest BCUT2D eigenvalue weighted by Gasteiger charge is -2.50. The summed E-state index contributed by atoms with van der Waals surface area (Å²) in [5.74, 6) is 2.98. The van der Waals surface area contributed by atoms with Gasteiger partial charge in [0.05, 0.1) is 19.1 Å². The van der Waals surface area contributed by atoms with Crippen molar-refractivity contribution >= 4 is 5.78 Å². The molecule has 1 aromatic carbocycles. The number of hydrogen-bond donors (Lipinski definition) is 0. The minimum atomic E-state index is -0.245. The van der Waals surface area contributed by atoms with Crippen LogP contribution in [-0.2, 0) is 0 Å². The molecule has 0 unspecified atom stereocenters. The van der Waals surface area contributed by atoms with E-state index in [0.29, 0.717) is 29.6 Å². The summed E-state index contributed by atoms with van der Waals surface area (Å²) in [7, 11) is 1.63. The predicted molar refractivity (Wildman–Crippen MR) is 72.9 cm³/mol. The minimum Gasteiger partial charge on any atom is -0.497 e. The van der Waals surface area contributed by atoms with Crippen LogP contribution in [0.1, 0.15) is 43.5 Å². The maximum absolute atomic E-state index is 12.2. The standard InChI is InChI=1S/C16H20O3/c1-10(2)11-7-16(8-11)9-14(17)13-5-4-12(18-3)6-15(13)19-16/h4-6,10-11H,7-9H2,1-3H3. The monoisotopic (exact) mass is 260 g/mol. The van der Waals surface area contributed by atoms with Crippen LogP contribution in [-0.4, -0.2) is 18.5 Å². The smallest absolute Gasteiger partial charge is 0.170 e. The molecule has 0 radical (unpaired) electrons. The van der Waals surface area contributed by atoms with Crippen molar-refractivity contribution in [2.75, 3.05) is 7.11 Å². The highest BCUT2D eigenvalue weighted by molar-refractivity contribution is 6.00. The number of Topliss-reactive ketones (excluding diaryl/α,β-unsaturated/α-hetero) is 1. The number of carbonyl (C=O) groups is 1. The van der Waals surface area contributed by atoms with Crippen molar-refractivity contribution in [3.63, 3.8) is 0 Å². The van der Waals surface area contributed by atoms with Crippen molar-refractivity contribution in [2.45, 2.75) is 38.7 Å². The van der Waals surface area contributed by atoms with Gasteiger partial charge in [0.1, 0.15) is 17.1 Å². The van der Waals surface area contributed by atoms with Gasteiger partial charge in [-0.25, -0.2) is 0 Å². The van der Waals surface area contributed by atoms with Crippen LogP contribution in [0, 0.1) is 11.8 Å². The molecule has 0 saturated heterocycles. The summed E-state index contributed by atoms with van der Waals surface area (Å²) in [6, 6.07) is 5.45. The fraction of sp³-hybridized carbons (Fsp3) is 0.562. The zero-order valence-electron chi connectivity index (χ0n) is 11.7. The number of ketones is 1. The number of carbonyl (C=O) groups excluding carboxylic acids is 1. The van der Waals surface area contributed by atoms with Gasteiger partial charge in [0.2, 0.25) is 0 Å². The first-order valence-corrected chi connectivity index (χ1v) is 6.93. The van der Waals surface area contributed by atoms with Gasteiger partial charge in [-0.1, -0.05) is 13.8 Å². The van der Waals surface area contributed by atoms with E-state index in [1.54, 1.807) is 7.11 Å². The fourth-order valence-electron chi connectivity index (χ4n) is 3.20. The number of ether oxygens (including phenoxy) is 2. The molecule has 1 fully saturated rings. The molecule has 3 rings (SSSR count). The third-order valence-electron chi connectivity index (χ3n) is 4.51. The topological polar surface area (TPSA) is 35.5 Å². The van der Waals surface area contributed by atoms with Gasteiger partial charge >= 0.3 is 0 Å². The van der Waals surface area contributed by atoms with E-state index in [0.717, 1.165) is 18.6 Å². The molecule has 0 bridgehead atoms. The largest absolute Gasteiger partial charge is 0.497 e. The first-order valence-electron chi connectivity index (χ1n) is 6.93. The van der Waals surface area contributed by atoms with Crippen LogP contribution in [0.4, 0.5) is 0 Å². The summed E-state index contributed by atoms with van der Waals surface area (Å²) >= 11 is 0. The third kappa shape index (κ3) is 2.01. The highest BCUT2D eigenvalue weighted by atomic mass is 16.5. The van der Waals surface area contributed by atoms with Crippen LogP contribution >= 0.6 is 0 Å². The molecule has 3 heteroatoms. The van der Waals surface area contributed by atoms with Crippen molar-refractivity contribution in [1.29, 1.82) is 0 Å². The molecule has 1 spiro atoms. The summed E-state index contributed by atoms with van der Waals surface area (Å²) < 4.78 is 11.4. The van der Waals surface area contributed by atoms with Gasteiger partial charge in [0, 0.05) is 6.07 Å². The van der Waals surface area contributed by atoms with Gasteiger partial charge in [-0.15, -0.1) is 0 Å². The molecule has 1 saturated carbocycles. The summed E-state index contributed by atoms with van der Waals surface area (Å²) in [6.07, 6.45) is 2.51. The summed E-state index contributed by atoms with van der Waals surface area (Å²) in [5.41, 5.74) is 0.449. The molecule has 3 nitrogen and oxygen atoms in total. The van der Waals surface area contributed by atoms with Gasteiger partial charge in [-0.2, -0.15) is 0 Å². The lowest BCUT2D eigenvalue weighted by molar-refractivity contribution is -0.0697. The first-order chi connectivity index (χ1) is 9.03. The minimum absolute atomic E-state index is 0.200. The van der Waals surface area contributed by atoms with Crippen LogP contribution in [0.2, 0.25) is 0 Å². The molecule has 0 amide bonds. The molecule has 1 aliphatic heterocycles. The fourth-order valence-corrected chi connectivity index (χ4v) is 3.20. The average molecular weight is 260 g/mol. The van der Waals surface area contributed by atoms with Crippen molar-refractivity contribution < 1.29 is 14.3 Å². The Kier molecular flexibility index (Phi) is 2.80. The van der Waals surface area contributed by atoms with E-state index >= 15 is 0 Å². The molecule has 2 aliphatic rings. The Hall–Kier alpha value is -1.51.